The highest BCUT2D eigenvalue weighted by molar-refractivity contribution is 5.89. The second-order valence-electron chi connectivity index (χ2n) is 5.69. The Kier molecular flexibility index (Phi) is 4.39. The van der Waals surface area contributed by atoms with E-state index in [9.17, 15) is 0 Å². The summed E-state index contributed by atoms with van der Waals surface area (Å²) in [4.78, 5) is 9.57. The van der Waals surface area contributed by atoms with Crippen molar-refractivity contribution < 1.29 is 4.74 Å². The number of nitrogens with one attached hydrogen (secondary N) is 1. The molecule has 0 aliphatic heterocycles. The van der Waals surface area contributed by atoms with Gasteiger partial charge in [-0.2, -0.15) is 0 Å². The molecule has 2 heterocycles. The van der Waals surface area contributed by atoms with E-state index in [1.165, 1.54) is 10.9 Å². The fourth-order valence-electron chi connectivity index (χ4n) is 2.52. The Labute approximate surface area is 130 Å². The number of hydrogen-bond donors (Lipinski definition) is 1. The van der Waals surface area contributed by atoms with Crippen LogP contribution in [0, 0.1) is 0 Å². The highest BCUT2D eigenvalue weighted by atomic mass is 16.5. The maximum absolute atomic E-state index is 6.05. The molecule has 0 aliphatic carbocycles. The number of aromatic amines is 1. The summed E-state index contributed by atoms with van der Waals surface area (Å²) in [5.41, 5.74) is 3.55. The Bertz CT molecular complexity index is 734. The molecule has 1 N–H and O–H groups in total. The lowest BCUT2D eigenvalue weighted by Gasteiger charge is -2.11. The zero-order valence-corrected chi connectivity index (χ0v) is 13.0. The monoisotopic (exact) mass is 295 g/mol. The van der Waals surface area contributed by atoms with E-state index >= 15 is 0 Å². The van der Waals surface area contributed by atoms with Crippen molar-refractivity contribution in [2.24, 2.45) is 0 Å². The summed E-state index contributed by atoms with van der Waals surface area (Å²) in [6.07, 6.45) is 6.67. The van der Waals surface area contributed by atoms with E-state index in [4.69, 9.17) is 4.74 Å². The molecule has 114 valence electrons. The quantitative estimate of drug-likeness (QED) is 0.759. The first-order valence-electron chi connectivity index (χ1n) is 7.49. The van der Waals surface area contributed by atoms with E-state index in [-0.39, 0.29) is 0 Å². The van der Waals surface area contributed by atoms with Crippen LogP contribution in [0.1, 0.15) is 11.1 Å². The molecule has 0 saturated carbocycles. The van der Waals surface area contributed by atoms with Gasteiger partial charge in [0.2, 0.25) is 0 Å². The van der Waals surface area contributed by atoms with Crippen molar-refractivity contribution in [3.8, 4) is 5.75 Å². The van der Waals surface area contributed by atoms with Crippen LogP contribution >= 0.6 is 0 Å². The van der Waals surface area contributed by atoms with Crippen LogP contribution in [0.15, 0.2) is 48.9 Å². The highest BCUT2D eigenvalue weighted by Crippen LogP contribution is 2.29. The Hall–Kier alpha value is -2.33. The molecule has 1 aromatic carbocycles. The highest BCUT2D eigenvalue weighted by Gasteiger charge is 2.10. The standard InChI is InChI=1S/C18H21N3O/c1-21(2)11-8-15-12-20-16-4-3-5-17(18(15)16)22-13-14-6-9-19-10-7-14/h3-7,9-10,12,20H,8,11,13H2,1-2H3. The molecule has 0 fully saturated rings. The molecule has 0 atom stereocenters. The summed E-state index contributed by atoms with van der Waals surface area (Å²) in [6, 6.07) is 10.1. The van der Waals surface area contributed by atoms with Crippen molar-refractivity contribution in [1.82, 2.24) is 14.9 Å². The van der Waals surface area contributed by atoms with Crippen molar-refractivity contribution in [3.63, 3.8) is 0 Å². The van der Waals surface area contributed by atoms with Crippen LogP contribution in [-0.4, -0.2) is 35.5 Å². The third-order valence-corrected chi connectivity index (χ3v) is 3.72. The molecule has 0 bridgehead atoms. The number of nitrogens with zero attached hydrogens (tertiary/aromatic N) is 2. The van der Waals surface area contributed by atoms with Gasteiger partial charge in [-0.25, -0.2) is 0 Å². The molecule has 0 saturated heterocycles. The molecule has 3 aromatic rings. The van der Waals surface area contributed by atoms with Gasteiger partial charge in [-0.1, -0.05) is 6.07 Å². The summed E-state index contributed by atoms with van der Waals surface area (Å²) >= 11 is 0. The first-order chi connectivity index (χ1) is 10.7. The van der Waals surface area contributed by atoms with Gasteiger partial charge in [0.1, 0.15) is 12.4 Å². The lowest BCUT2D eigenvalue weighted by atomic mass is 10.1. The van der Waals surface area contributed by atoms with E-state index in [1.54, 1.807) is 12.4 Å². The zero-order chi connectivity index (χ0) is 15.4. The van der Waals surface area contributed by atoms with Crippen molar-refractivity contribution in [1.29, 1.82) is 0 Å². The number of aromatic nitrogens is 2. The second-order valence-corrected chi connectivity index (χ2v) is 5.69. The predicted molar refractivity (Wildman–Crippen MR) is 89.1 cm³/mol. The van der Waals surface area contributed by atoms with E-state index in [2.05, 4.69) is 41.2 Å². The van der Waals surface area contributed by atoms with Crippen LogP contribution in [-0.2, 0) is 13.0 Å². The predicted octanol–water partition coefficient (Wildman–Crippen LogP) is 3.25. The average molecular weight is 295 g/mol. The largest absolute Gasteiger partial charge is 0.488 e. The molecule has 4 nitrogen and oxygen atoms in total. The second kappa shape index (κ2) is 6.62. The summed E-state index contributed by atoms with van der Waals surface area (Å²) in [7, 11) is 4.19. The topological polar surface area (TPSA) is 41.2 Å². The number of hydrogen-bond acceptors (Lipinski definition) is 3. The lowest BCUT2D eigenvalue weighted by molar-refractivity contribution is 0.309. The summed E-state index contributed by atoms with van der Waals surface area (Å²) in [5, 5.41) is 1.19. The normalized spacial score (nSPS) is 11.2. The van der Waals surface area contributed by atoms with Gasteiger partial charge in [0.25, 0.3) is 0 Å². The first-order valence-corrected chi connectivity index (χ1v) is 7.49. The van der Waals surface area contributed by atoms with Gasteiger partial charge in [0, 0.05) is 36.0 Å². The molecule has 3 rings (SSSR count). The van der Waals surface area contributed by atoms with E-state index in [0.29, 0.717) is 6.61 Å². The molecular formula is C18H21N3O. The average Bonchev–Trinajstić information content (AvgIpc) is 2.96. The maximum Gasteiger partial charge on any atom is 0.129 e. The summed E-state index contributed by atoms with van der Waals surface area (Å²) < 4.78 is 6.05. The minimum Gasteiger partial charge on any atom is -0.488 e. The minimum atomic E-state index is 0.555. The molecule has 2 aromatic heterocycles. The summed E-state index contributed by atoms with van der Waals surface area (Å²) in [5.74, 6) is 0.935. The zero-order valence-electron chi connectivity index (χ0n) is 13.0. The maximum atomic E-state index is 6.05. The van der Waals surface area contributed by atoms with Gasteiger partial charge in [-0.05, 0) is 55.9 Å². The van der Waals surface area contributed by atoms with E-state index in [0.717, 1.165) is 29.8 Å². The molecular weight excluding hydrogens is 274 g/mol. The van der Waals surface area contributed by atoms with Crippen LogP contribution in [0.5, 0.6) is 5.75 Å². The molecule has 0 aliphatic rings. The number of fused-ring (bicyclic) bond motifs is 1. The Morgan fingerprint density at radius 3 is 2.73 bits per heavy atom. The molecule has 4 heteroatoms. The van der Waals surface area contributed by atoms with Gasteiger partial charge < -0.3 is 14.6 Å². The van der Waals surface area contributed by atoms with Crippen LogP contribution < -0.4 is 4.74 Å². The smallest absolute Gasteiger partial charge is 0.129 e. The van der Waals surface area contributed by atoms with Crippen molar-refractivity contribution in [2.45, 2.75) is 13.0 Å². The van der Waals surface area contributed by atoms with Gasteiger partial charge in [-0.15, -0.1) is 0 Å². The van der Waals surface area contributed by atoms with Gasteiger partial charge in [0.15, 0.2) is 0 Å². The van der Waals surface area contributed by atoms with Crippen LogP contribution in [0.4, 0.5) is 0 Å². The third-order valence-electron chi connectivity index (χ3n) is 3.72. The first kappa shape index (κ1) is 14.6. The fourth-order valence-corrected chi connectivity index (χ4v) is 2.52. The molecule has 0 unspecified atom stereocenters. The van der Waals surface area contributed by atoms with Crippen LogP contribution in [0.3, 0.4) is 0 Å². The Morgan fingerprint density at radius 1 is 1.14 bits per heavy atom. The Morgan fingerprint density at radius 2 is 1.95 bits per heavy atom. The van der Waals surface area contributed by atoms with Crippen LogP contribution in [0.25, 0.3) is 10.9 Å². The number of likely N-dealkylation sites (N-methyl/N-ethyl adjacent to an activating group) is 1. The van der Waals surface area contributed by atoms with Gasteiger partial charge >= 0.3 is 0 Å². The van der Waals surface area contributed by atoms with Crippen LogP contribution in [0.2, 0.25) is 0 Å². The van der Waals surface area contributed by atoms with Gasteiger partial charge in [0.05, 0.1) is 0 Å². The summed E-state index contributed by atoms with van der Waals surface area (Å²) in [6.45, 7) is 1.57. The SMILES string of the molecule is CN(C)CCc1c[nH]c2cccc(OCc3ccncc3)c12. The molecule has 0 amide bonds. The number of ether oxygens (including phenoxy) is 1. The Balaban J connectivity index is 1.83. The van der Waals surface area contributed by atoms with Crippen molar-refractivity contribution >= 4 is 10.9 Å². The van der Waals surface area contributed by atoms with Gasteiger partial charge in [-0.3, -0.25) is 4.98 Å². The molecule has 22 heavy (non-hydrogen) atoms. The number of benzene rings is 1. The lowest BCUT2D eigenvalue weighted by Crippen LogP contribution is -2.14. The van der Waals surface area contributed by atoms with E-state index < -0.39 is 0 Å². The number of pyridine rings is 1. The van der Waals surface area contributed by atoms with Crippen molar-refractivity contribution in [2.75, 3.05) is 20.6 Å². The fraction of sp³-hybridized carbons (Fsp3) is 0.278. The minimum absolute atomic E-state index is 0.555. The number of rotatable bonds is 6. The molecule has 0 radical (unpaired) electrons. The molecule has 0 spiro atoms. The third kappa shape index (κ3) is 3.28. The number of H-pyrrole nitrogens is 1. The van der Waals surface area contributed by atoms with E-state index in [1.807, 2.05) is 24.3 Å². The van der Waals surface area contributed by atoms with Crippen molar-refractivity contribution in [3.05, 3.63) is 60.0 Å².